The van der Waals surface area contributed by atoms with Crippen LogP contribution >= 0.6 is 11.3 Å². The number of carbonyl (C=O) groups excluding carboxylic acids is 2. The van der Waals surface area contributed by atoms with Crippen molar-refractivity contribution in [3.8, 4) is 28.5 Å². The molecule has 1 aliphatic rings. The molecule has 180 valence electrons. The summed E-state index contributed by atoms with van der Waals surface area (Å²) in [5.74, 6) is -0.234. The predicted octanol–water partition coefficient (Wildman–Crippen LogP) is 5.93. The van der Waals surface area contributed by atoms with Gasteiger partial charge in [-0.1, -0.05) is 30.3 Å². The number of nitrogens with one attached hydrogen (secondary N) is 1. The first-order chi connectivity index (χ1) is 16.7. The molecule has 0 bridgehead atoms. The van der Waals surface area contributed by atoms with Crippen LogP contribution in [0, 0.1) is 17.2 Å². The number of carbonyl (C=O) groups is 2. The van der Waals surface area contributed by atoms with Crippen LogP contribution in [-0.4, -0.2) is 40.6 Å². The molecule has 3 aromatic rings. The van der Waals surface area contributed by atoms with E-state index in [0.717, 1.165) is 22.4 Å². The monoisotopic (exact) mass is 488 g/mol. The van der Waals surface area contributed by atoms with Gasteiger partial charge in [-0.25, -0.2) is 9.78 Å². The lowest BCUT2D eigenvalue weighted by molar-refractivity contribution is -0.121. The van der Waals surface area contributed by atoms with Crippen molar-refractivity contribution in [2.75, 3.05) is 18.4 Å². The number of anilines is 1. The van der Waals surface area contributed by atoms with E-state index in [1.165, 1.54) is 11.3 Å². The Kier molecular flexibility index (Phi) is 7.17. The minimum Gasteiger partial charge on any atom is -0.444 e. The van der Waals surface area contributed by atoms with Gasteiger partial charge >= 0.3 is 6.09 Å². The Balaban J connectivity index is 1.36. The molecule has 0 spiro atoms. The number of piperidine rings is 1. The van der Waals surface area contributed by atoms with E-state index in [4.69, 9.17) is 10.00 Å². The number of nitriles is 1. The predicted molar refractivity (Wildman–Crippen MR) is 137 cm³/mol. The Bertz CT molecular complexity index is 1250. The summed E-state index contributed by atoms with van der Waals surface area (Å²) in [4.78, 5) is 31.3. The Labute approximate surface area is 209 Å². The zero-order valence-electron chi connectivity index (χ0n) is 20.1. The molecule has 2 amide bonds. The lowest BCUT2D eigenvalue weighted by Crippen LogP contribution is -2.43. The maximum absolute atomic E-state index is 12.8. The van der Waals surface area contributed by atoms with Crippen molar-refractivity contribution < 1.29 is 14.3 Å². The van der Waals surface area contributed by atoms with Crippen molar-refractivity contribution in [3.63, 3.8) is 0 Å². The summed E-state index contributed by atoms with van der Waals surface area (Å²) in [7, 11) is 0. The van der Waals surface area contributed by atoms with Crippen LogP contribution in [0.4, 0.5) is 9.93 Å². The van der Waals surface area contributed by atoms with Crippen molar-refractivity contribution in [1.29, 1.82) is 5.26 Å². The number of amides is 2. The largest absolute Gasteiger partial charge is 0.444 e. The molecule has 0 saturated carbocycles. The second-order valence-corrected chi connectivity index (χ2v) is 10.4. The van der Waals surface area contributed by atoms with Crippen LogP contribution in [0.5, 0.6) is 0 Å². The van der Waals surface area contributed by atoms with Crippen molar-refractivity contribution >= 4 is 28.5 Å². The Morgan fingerprint density at radius 2 is 1.77 bits per heavy atom. The summed E-state index contributed by atoms with van der Waals surface area (Å²) < 4.78 is 5.43. The molecule has 35 heavy (non-hydrogen) atoms. The minimum atomic E-state index is -0.532. The number of hydrogen-bond acceptors (Lipinski definition) is 6. The maximum atomic E-state index is 12.8. The van der Waals surface area contributed by atoms with Gasteiger partial charge in [0.2, 0.25) is 5.91 Å². The van der Waals surface area contributed by atoms with E-state index >= 15 is 0 Å². The average molecular weight is 489 g/mol. The second kappa shape index (κ2) is 10.3. The molecule has 7 nitrogen and oxygen atoms in total. The molecule has 1 aromatic heterocycles. The minimum absolute atomic E-state index is 0.0685. The van der Waals surface area contributed by atoms with E-state index in [1.54, 1.807) is 17.0 Å². The number of thiazole rings is 1. The van der Waals surface area contributed by atoms with E-state index in [2.05, 4.69) is 22.4 Å². The average Bonchev–Trinajstić information content (AvgIpc) is 3.32. The number of aromatic nitrogens is 1. The van der Waals surface area contributed by atoms with Crippen molar-refractivity contribution in [2.24, 2.45) is 5.92 Å². The fourth-order valence-electron chi connectivity index (χ4n) is 3.92. The van der Waals surface area contributed by atoms with Gasteiger partial charge in [0, 0.05) is 30.0 Å². The lowest BCUT2D eigenvalue weighted by Gasteiger charge is -2.32. The molecule has 0 unspecified atom stereocenters. The van der Waals surface area contributed by atoms with Gasteiger partial charge < -0.3 is 15.0 Å². The lowest BCUT2D eigenvalue weighted by atomic mass is 9.96. The molecule has 1 aliphatic heterocycles. The van der Waals surface area contributed by atoms with Crippen LogP contribution in [0.3, 0.4) is 0 Å². The number of likely N-dealkylation sites (tertiary alicyclic amines) is 1. The molecular weight excluding hydrogens is 460 g/mol. The standard InChI is InChI=1S/C27H28N4O3S/c1-27(2,3)34-26(33)31-13-11-20(12-14-31)24(32)30-25-29-23(17-35-25)22-6-4-5-21(15-22)19-9-7-18(16-28)8-10-19/h4-10,15,17,20H,11-14H2,1-3H3,(H,29,30,32). The van der Waals surface area contributed by atoms with E-state index in [-0.39, 0.29) is 17.9 Å². The highest BCUT2D eigenvalue weighted by Crippen LogP contribution is 2.30. The first kappa shape index (κ1) is 24.4. The van der Waals surface area contributed by atoms with Crippen molar-refractivity contribution in [1.82, 2.24) is 9.88 Å². The normalized spacial score (nSPS) is 14.3. The van der Waals surface area contributed by atoms with Crippen molar-refractivity contribution in [2.45, 2.75) is 39.2 Å². The van der Waals surface area contributed by atoms with Crippen LogP contribution in [0.15, 0.2) is 53.9 Å². The smallest absolute Gasteiger partial charge is 0.410 e. The summed E-state index contributed by atoms with van der Waals surface area (Å²) in [5.41, 5.74) is 3.89. The third kappa shape index (κ3) is 6.25. The molecule has 4 rings (SSSR count). The Morgan fingerprint density at radius 1 is 1.09 bits per heavy atom. The molecule has 1 fully saturated rings. The van der Waals surface area contributed by atoms with Crippen LogP contribution in [0.1, 0.15) is 39.2 Å². The number of nitrogens with zero attached hydrogens (tertiary/aromatic N) is 3. The third-order valence-electron chi connectivity index (χ3n) is 5.76. The molecule has 0 aliphatic carbocycles. The van der Waals surface area contributed by atoms with Crippen LogP contribution in [-0.2, 0) is 9.53 Å². The summed E-state index contributed by atoms with van der Waals surface area (Å²) >= 11 is 1.39. The van der Waals surface area contributed by atoms with Gasteiger partial charge in [-0.15, -0.1) is 11.3 Å². The van der Waals surface area contributed by atoms with E-state index < -0.39 is 5.60 Å². The number of rotatable bonds is 4. The zero-order valence-corrected chi connectivity index (χ0v) is 20.9. The molecule has 2 heterocycles. The molecular formula is C27H28N4O3S. The molecule has 8 heteroatoms. The Morgan fingerprint density at radius 3 is 2.43 bits per heavy atom. The highest BCUT2D eigenvalue weighted by atomic mass is 32.1. The van der Waals surface area contributed by atoms with Gasteiger partial charge in [0.05, 0.1) is 17.3 Å². The molecule has 2 aromatic carbocycles. The zero-order chi connectivity index (χ0) is 25.0. The summed E-state index contributed by atoms with van der Waals surface area (Å²) in [6, 6.07) is 17.6. The molecule has 0 radical (unpaired) electrons. The van der Waals surface area contributed by atoms with E-state index in [9.17, 15) is 9.59 Å². The third-order valence-corrected chi connectivity index (χ3v) is 6.52. The van der Waals surface area contributed by atoms with Gasteiger partial charge in [0.25, 0.3) is 0 Å². The van der Waals surface area contributed by atoms with Crippen LogP contribution < -0.4 is 5.32 Å². The number of ether oxygens (including phenoxy) is 1. The molecule has 0 atom stereocenters. The molecule has 1 saturated heterocycles. The van der Waals surface area contributed by atoms with Crippen molar-refractivity contribution in [3.05, 3.63) is 59.5 Å². The first-order valence-electron chi connectivity index (χ1n) is 11.6. The first-order valence-corrected chi connectivity index (χ1v) is 12.4. The topological polar surface area (TPSA) is 95.3 Å². The van der Waals surface area contributed by atoms with E-state index in [1.807, 2.05) is 56.5 Å². The van der Waals surface area contributed by atoms with Gasteiger partial charge in [-0.3, -0.25) is 4.79 Å². The SMILES string of the molecule is CC(C)(C)OC(=O)N1CCC(C(=O)Nc2nc(-c3cccc(-c4ccc(C#N)cc4)c3)cs2)CC1. The number of hydrogen-bond donors (Lipinski definition) is 1. The summed E-state index contributed by atoms with van der Waals surface area (Å²) in [5, 5.41) is 14.4. The quantitative estimate of drug-likeness (QED) is 0.491. The van der Waals surface area contributed by atoms with Crippen LogP contribution in [0.25, 0.3) is 22.4 Å². The van der Waals surface area contributed by atoms with E-state index in [0.29, 0.717) is 36.6 Å². The second-order valence-electron chi connectivity index (χ2n) is 9.54. The Hall–Kier alpha value is -3.70. The summed E-state index contributed by atoms with van der Waals surface area (Å²) in [6.45, 7) is 6.53. The van der Waals surface area contributed by atoms with Gasteiger partial charge in [0.1, 0.15) is 5.60 Å². The van der Waals surface area contributed by atoms with Gasteiger partial charge in [0.15, 0.2) is 5.13 Å². The fourth-order valence-corrected chi connectivity index (χ4v) is 4.64. The van der Waals surface area contributed by atoms with Crippen LogP contribution in [0.2, 0.25) is 0 Å². The molecule has 1 N–H and O–H groups in total. The van der Waals surface area contributed by atoms with Gasteiger partial charge in [-0.2, -0.15) is 5.26 Å². The summed E-state index contributed by atoms with van der Waals surface area (Å²) in [6.07, 6.45) is 0.857. The maximum Gasteiger partial charge on any atom is 0.410 e. The number of benzene rings is 2. The van der Waals surface area contributed by atoms with Gasteiger partial charge in [-0.05, 0) is 62.9 Å². The highest BCUT2D eigenvalue weighted by molar-refractivity contribution is 7.14. The fraction of sp³-hybridized carbons (Fsp3) is 0.333. The highest BCUT2D eigenvalue weighted by Gasteiger charge is 2.30.